The Bertz CT molecular complexity index is 1770. The van der Waals surface area contributed by atoms with Crippen LogP contribution in [-0.4, -0.2) is 56.7 Å². The van der Waals surface area contributed by atoms with Crippen LogP contribution in [0.1, 0.15) is 55.6 Å². The predicted octanol–water partition coefficient (Wildman–Crippen LogP) is 5.42. The maximum absolute atomic E-state index is 13.5. The zero-order valence-electron chi connectivity index (χ0n) is 23.5. The largest absolute Gasteiger partial charge is 0.496 e. The number of nitrogens with one attached hydrogen (secondary N) is 1. The highest BCUT2D eigenvalue weighted by molar-refractivity contribution is 7.85. The van der Waals surface area contributed by atoms with Crippen LogP contribution in [-0.2, 0) is 22.0 Å². The van der Waals surface area contributed by atoms with Gasteiger partial charge in [-0.25, -0.2) is 24.9 Å². The summed E-state index contributed by atoms with van der Waals surface area (Å²) in [4.78, 5) is 21.3. The molecule has 1 aliphatic rings. The lowest BCUT2D eigenvalue weighted by Crippen LogP contribution is -2.09. The third-order valence-corrected chi connectivity index (χ3v) is 7.39. The molecule has 1 fully saturated rings. The number of anilines is 2. The number of ether oxygens (including phenoxy) is 2. The first-order valence-electron chi connectivity index (χ1n) is 13.1. The van der Waals surface area contributed by atoms with E-state index in [9.17, 15) is 26.1 Å². The fourth-order valence-corrected chi connectivity index (χ4v) is 5.17. The van der Waals surface area contributed by atoms with Crippen molar-refractivity contribution >= 4 is 21.6 Å². The van der Waals surface area contributed by atoms with Crippen LogP contribution in [0.3, 0.4) is 0 Å². The van der Waals surface area contributed by atoms with Crippen LogP contribution in [0.4, 0.5) is 24.7 Å². The Morgan fingerprint density at radius 3 is 2.47 bits per heavy atom. The first-order valence-corrected chi connectivity index (χ1v) is 14.7. The number of rotatable bonds is 10. The standard InChI is InChI=1S/C27H28F3N7O5S/c1-14(2)37-11-20(27(28,29)30)35-25(37)18-8-7-17(9-19(18)41-3)34-23-16(12-43(38,39)40)10-31-24(36-23)21-22(15-5-6-15)32-13-33-26(21)42-4/h7-11,13-15H,5-6,12H2,1-4H3,(H,31,34,36)(H,38,39,40). The molecule has 5 rings (SSSR count). The van der Waals surface area contributed by atoms with E-state index in [2.05, 4.69) is 30.2 Å². The van der Waals surface area contributed by atoms with Crippen molar-refractivity contribution in [2.45, 2.75) is 50.6 Å². The molecular formula is C27H28F3N7O5S. The molecule has 0 saturated heterocycles. The number of methoxy groups -OCH3 is 2. The topological polar surface area (TPSA) is 154 Å². The summed E-state index contributed by atoms with van der Waals surface area (Å²) < 4.78 is 85.9. The monoisotopic (exact) mass is 619 g/mol. The Morgan fingerprint density at radius 2 is 1.86 bits per heavy atom. The number of benzene rings is 1. The molecule has 228 valence electrons. The van der Waals surface area contributed by atoms with Crippen molar-refractivity contribution in [3.63, 3.8) is 0 Å². The summed E-state index contributed by atoms with van der Waals surface area (Å²) in [5.41, 5.74) is 0.851. The minimum absolute atomic E-state index is 0.0492. The van der Waals surface area contributed by atoms with E-state index in [4.69, 9.17) is 9.47 Å². The lowest BCUT2D eigenvalue weighted by molar-refractivity contribution is -0.140. The molecule has 0 bridgehead atoms. The normalized spacial score (nSPS) is 13.8. The highest BCUT2D eigenvalue weighted by Gasteiger charge is 2.36. The summed E-state index contributed by atoms with van der Waals surface area (Å²) in [6.07, 6.45) is 0.815. The summed E-state index contributed by atoms with van der Waals surface area (Å²) in [7, 11) is -1.66. The Balaban J connectivity index is 1.58. The van der Waals surface area contributed by atoms with E-state index in [0.29, 0.717) is 22.5 Å². The number of nitrogens with zero attached hydrogens (tertiary/aromatic N) is 6. The predicted molar refractivity (Wildman–Crippen MR) is 150 cm³/mol. The molecule has 43 heavy (non-hydrogen) atoms. The minimum Gasteiger partial charge on any atom is -0.496 e. The molecule has 3 heterocycles. The van der Waals surface area contributed by atoms with Crippen molar-refractivity contribution < 1.29 is 35.6 Å². The van der Waals surface area contributed by atoms with Gasteiger partial charge in [0.05, 0.1) is 25.5 Å². The molecule has 0 atom stereocenters. The van der Waals surface area contributed by atoms with E-state index in [-0.39, 0.29) is 46.6 Å². The second kappa shape index (κ2) is 11.4. The lowest BCUT2D eigenvalue weighted by Gasteiger charge is -2.17. The van der Waals surface area contributed by atoms with E-state index < -0.39 is 27.7 Å². The molecule has 0 radical (unpaired) electrons. The van der Waals surface area contributed by atoms with Gasteiger partial charge in [-0.2, -0.15) is 21.6 Å². The van der Waals surface area contributed by atoms with Crippen LogP contribution in [0.5, 0.6) is 11.6 Å². The molecule has 12 nitrogen and oxygen atoms in total. The third-order valence-electron chi connectivity index (χ3n) is 6.71. The van der Waals surface area contributed by atoms with Crippen molar-refractivity contribution in [3.8, 4) is 34.4 Å². The number of halogens is 3. The summed E-state index contributed by atoms with van der Waals surface area (Å²) in [5, 5.41) is 3.03. The Labute approximate surface area is 245 Å². The van der Waals surface area contributed by atoms with E-state index in [1.165, 1.54) is 43.4 Å². The molecule has 16 heteroatoms. The van der Waals surface area contributed by atoms with E-state index >= 15 is 0 Å². The van der Waals surface area contributed by atoms with Crippen molar-refractivity contribution in [1.29, 1.82) is 0 Å². The number of alkyl halides is 3. The summed E-state index contributed by atoms with van der Waals surface area (Å²) in [5.74, 6) is 0.121. The zero-order chi connectivity index (χ0) is 31.1. The van der Waals surface area contributed by atoms with Gasteiger partial charge in [0, 0.05) is 41.7 Å². The van der Waals surface area contributed by atoms with Gasteiger partial charge in [-0.05, 0) is 38.8 Å². The summed E-state index contributed by atoms with van der Waals surface area (Å²) in [6.45, 7) is 3.47. The third kappa shape index (κ3) is 6.54. The number of hydrogen-bond donors (Lipinski definition) is 2. The van der Waals surface area contributed by atoms with Gasteiger partial charge >= 0.3 is 6.18 Å². The molecular weight excluding hydrogens is 591 g/mol. The van der Waals surface area contributed by atoms with E-state index in [1.54, 1.807) is 19.9 Å². The molecule has 0 spiro atoms. The Kier molecular flexibility index (Phi) is 8.00. The molecule has 2 N–H and O–H groups in total. The second-order valence-electron chi connectivity index (χ2n) is 10.2. The zero-order valence-corrected chi connectivity index (χ0v) is 24.4. The maximum Gasteiger partial charge on any atom is 0.434 e. The van der Waals surface area contributed by atoms with E-state index in [1.807, 2.05) is 0 Å². The first kappa shape index (κ1) is 30.2. The maximum atomic E-state index is 13.5. The van der Waals surface area contributed by atoms with E-state index in [0.717, 1.165) is 19.0 Å². The highest BCUT2D eigenvalue weighted by Crippen LogP contribution is 2.45. The number of imidazole rings is 1. The fraction of sp³-hybridized carbons (Fsp3) is 0.370. The number of aromatic nitrogens is 6. The van der Waals surface area contributed by atoms with Crippen LogP contribution in [0.25, 0.3) is 22.8 Å². The molecule has 1 aromatic carbocycles. The Hall–Kier alpha value is -4.31. The van der Waals surface area contributed by atoms with Crippen LogP contribution in [0, 0.1) is 0 Å². The fourth-order valence-electron chi connectivity index (χ4n) is 4.56. The van der Waals surface area contributed by atoms with Gasteiger partial charge in [0.25, 0.3) is 10.1 Å². The van der Waals surface area contributed by atoms with Gasteiger partial charge in [0.15, 0.2) is 11.5 Å². The average Bonchev–Trinajstić information content (AvgIpc) is 3.68. The molecule has 0 unspecified atom stereocenters. The quantitative estimate of drug-likeness (QED) is 0.219. The van der Waals surface area contributed by atoms with Gasteiger partial charge in [0.1, 0.15) is 35.0 Å². The van der Waals surface area contributed by atoms with Gasteiger partial charge in [-0.15, -0.1) is 0 Å². The smallest absolute Gasteiger partial charge is 0.434 e. The molecule has 1 aliphatic carbocycles. The minimum atomic E-state index is -4.64. The van der Waals surface area contributed by atoms with Crippen molar-refractivity contribution in [2.75, 3.05) is 19.5 Å². The molecule has 4 aromatic rings. The lowest BCUT2D eigenvalue weighted by atomic mass is 10.1. The van der Waals surface area contributed by atoms with Gasteiger partial charge < -0.3 is 19.4 Å². The van der Waals surface area contributed by atoms with Crippen molar-refractivity contribution in [2.24, 2.45) is 0 Å². The highest BCUT2D eigenvalue weighted by atomic mass is 32.2. The van der Waals surface area contributed by atoms with Crippen molar-refractivity contribution in [3.05, 3.63) is 53.9 Å². The van der Waals surface area contributed by atoms with Crippen LogP contribution in [0.15, 0.2) is 36.9 Å². The summed E-state index contributed by atoms with van der Waals surface area (Å²) >= 11 is 0. The Morgan fingerprint density at radius 1 is 1.12 bits per heavy atom. The van der Waals surface area contributed by atoms with Gasteiger partial charge in [-0.1, -0.05) is 0 Å². The summed E-state index contributed by atoms with van der Waals surface area (Å²) in [6, 6.07) is 4.28. The average molecular weight is 620 g/mol. The molecule has 0 aliphatic heterocycles. The van der Waals surface area contributed by atoms with Crippen LogP contribution in [0.2, 0.25) is 0 Å². The van der Waals surface area contributed by atoms with Crippen LogP contribution < -0.4 is 14.8 Å². The molecule has 0 amide bonds. The van der Waals surface area contributed by atoms with Gasteiger partial charge in [0.2, 0.25) is 5.88 Å². The molecule has 3 aromatic heterocycles. The SMILES string of the molecule is COc1cc(Nc2nc(-c3c(OC)ncnc3C3CC3)ncc2CS(=O)(=O)O)ccc1-c1nc(C(F)(F)F)cn1C(C)C. The second-order valence-corrected chi connectivity index (χ2v) is 11.7. The number of hydrogen-bond acceptors (Lipinski definition) is 10. The first-order chi connectivity index (χ1) is 20.3. The van der Waals surface area contributed by atoms with Gasteiger partial charge in [-0.3, -0.25) is 4.55 Å². The molecule has 1 saturated carbocycles. The van der Waals surface area contributed by atoms with Crippen LogP contribution >= 0.6 is 0 Å². The van der Waals surface area contributed by atoms with Crippen molar-refractivity contribution in [1.82, 2.24) is 29.5 Å².